The molecule has 0 aliphatic rings. The van der Waals surface area contributed by atoms with E-state index in [9.17, 15) is 4.79 Å². The predicted octanol–water partition coefficient (Wildman–Crippen LogP) is 2.48. The highest BCUT2D eigenvalue weighted by molar-refractivity contribution is 6.04. The number of anilines is 1. The molecule has 1 aromatic heterocycles. The number of hydrogen-bond donors (Lipinski definition) is 1. The Hall–Kier alpha value is -2.20. The number of benzene rings is 1. The largest absolute Gasteiger partial charge is 0.380 e. The van der Waals surface area contributed by atoms with Gasteiger partial charge >= 0.3 is 0 Å². The number of methoxy groups -OCH3 is 1. The van der Waals surface area contributed by atoms with E-state index in [4.69, 9.17) is 4.74 Å². The SMILES string of the molecule is COCc1ccc(C(=O)Nc2cccnc2)cc1. The predicted molar refractivity (Wildman–Crippen MR) is 69.3 cm³/mol. The van der Waals surface area contributed by atoms with Crippen LogP contribution in [-0.4, -0.2) is 18.0 Å². The summed E-state index contributed by atoms with van der Waals surface area (Å²) in [5, 5.41) is 2.78. The highest BCUT2D eigenvalue weighted by Crippen LogP contribution is 2.09. The van der Waals surface area contributed by atoms with E-state index in [1.54, 1.807) is 43.8 Å². The molecule has 2 aromatic rings. The average Bonchev–Trinajstić information content (AvgIpc) is 2.41. The molecule has 0 aliphatic heterocycles. The van der Waals surface area contributed by atoms with Crippen molar-refractivity contribution in [1.82, 2.24) is 4.98 Å². The maximum absolute atomic E-state index is 11.9. The Balaban J connectivity index is 2.05. The van der Waals surface area contributed by atoms with Gasteiger partial charge in [0.1, 0.15) is 0 Å². The Morgan fingerprint density at radius 3 is 2.67 bits per heavy atom. The average molecular weight is 242 g/mol. The lowest BCUT2D eigenvalue weighted by atomic mass is 10.1. The van der Waals surface area contributed by atoms with Crippen molar-refractivity contribution in [2.24, 2.45) is 0 Å². The Bertz CT molecular complexity index is 509. The van der Waals surface area contributed by atoms with E-state index < -0.39 is 0 Å². The van der Waals surface area contributed by atoms with Crippen molar-refractivity contribution in [1.29, 1.82) is 0 Å². The van der Waals surface area contributed by atoms with Crippen molar-refractivity contribution in [3.05, 3.63) is 59.9 Å². The van der Waals surface area contributed by atoms with Gasteiger partial charge in [-0.1, -0.05) is 12.1 Å². The van der Waals surface area contributed by atoms with Gasteiger partial charge in [0.2, 0.25) is 0 Å². The van der Waals surface area contributed by atoms with Gasteiger partial charge in [-0.2, -0.15) is 0 Å². The molecule has 0 radical (unpaired) electrons. The molecule has 1 N–H and O–H groups in total. The van der Waals surface area contributed by atoms with Crippen LogP contribution in [0.3, 0.4) is 0 Å². The summed E-state index contributed by atoms with van der Waals surface area (Å²) in [6, 6.07) is 10.9. The quantitative estimate of drug-likeness (QED) is 0.896. The number of nitrogens with zero attached hydrogens (tertiary/aromatic N) is 1. The highest BCUT2D eigenvalue weighted by Gasteiger charge is 2.05. The smallest absolute Gasteiger partial charge is 0.255 e. The minimum absolute atomic E-state index is 0.146. The second-order valence-corrected chi connectivity index (χ2v) is 3.83. The van der Waals surface area contributed by atoms with Crippen LogP contribution in [0.4, 0.5) is 5.69 Å². The Labute approximate surface area is 106 Å². The Morgan fingerprint density at radius 2 is 2.06 bits per heavy atom. The molecule has 0 atom stereocenters. The highest BCUT2D eigenvalue weighted by atomic mass is 16.5. The summed E-state index contributed by atoms with van der Waals surface area (Å²) in [5.74, 6) is -0.146. The fourth-order valence-corrected chi connectivity index (χ4v) is 1.56. The first-order valence-corrected chi connectivity index (χ1v) is 5.59. The lowest BCUT2D eigenvalue weighted by molar-refractivity contribution is 0.102. The standard InChI is InChI=1S/C14H14N2O2/c1-18-10-11-4-6-12(7-5-11)14(17)16-13-3-2-8-15-9-13/h2-9H,10H2,1H3,(H,16,17). The zero-order chi connectivity index (χ0) is 12.8. The van der Waals surface area contributed by atoms with E-state index in [0.29, 0.717) is 17.9 Å². The van der Waals surface area contributed by atoms with E-state index in [1.165, 1.54) is 0 Å². The number of rotatable bonds is 4. The second kappa shape index (κ2) is 5.93. The van der Waals surface area contributed by atoms with Crippen molar-refractivity contribution in [3.8, 4) is 0 Å². The molecule has 0 aliphatic carbocycles. The molecule has 1 aromatic carbocycles. The molecule has 0 bridgehead atoms. The summed E-state index contributed by atoms with van der Waals surface area (Å²) in [7, 11) is 1.64. The molecule has 0 saturated carbocycles. The lowest BCUT2D eigenvalue weighted by Crippen LogP contribution is -2.11. The molecule has 4 nitrogen and oxygen atoms in total. The van der Waals surface area contributed by atoms with Gasteiger partial charge in [0.25, 0.3) is 5.91 Å². The van der Waals surface area contributed by atoms with Gasteiger partial charge in [0.05, 0.1) is 18.5 Å². The third kappa shape index (κ3) is 3.15. The second-order valence-electron chi connectivity index (χ2n) is 3.83. The van der Waals surface area contributed by atoms with Gasteiger partial charge in [-0.15, -0.1) is 0 Å². The topological polar surface area (TPSA) is 51.2 Å². The van der Waals surface area contributed by atoms with Gasteiger partial charge in [0, 0.05) is 18.9 Å². The van der Waals surface area contributed by atoms with E-state index in [0.717, 1.165) is 5.56 Å². The van der Waals surface area contributed by atoms with Crippen molar-refractivity contribution >= 4 is 11.6 Å². The van der Waals surface area contributed by atoms with E-state index >= 15 is 0 Å². The zero-order valence-corrected chi connectivity index (χ0v) is 10.1. The molecule has 1 heterocycles. The number of hydrogen-bond acceptors (Lipinski definition) is 3. The van der Waals surface area contributed by atoms with Crippen LogP contribution in [0.1, 0.15) is 15.9 Å². The maximum atomic E-state index is 11.9. The first kappa shape index (κ1) is 12.3. The van der Waals surface area contributed by atoms with Crippen LogP contribution in [0.5, 0.6) is 0 Å². The summed E-state index contributed by atoms with van der Waals surface area (Å²) < 4.78 is 5.02. The van der Waals surface area contributed by atoms with Gasteiger partial charge in [-0.3, -0.25) is 9.78 Å². The number of ether oxygens (including phenoxy) is 1. The molecule has 2 rings (SSSR count). The fraction of sp³-hybridized carbons (Fsp3) is 0.143. The van der Waals surface area contributed by atoms with Crippen molar-refractivity contribution in [2.75, 3.05) is 12.4 Å². The van der Waals surface area contributed by atoms with Crippen LogP contribution >= 0.6 is 0 Å². The van der Waals surface area contributed by atoms with Crippen LogP contribution < -0.4 is 5.32 Å². The van der Waals surface area contributed by atoms with Crippen LogP contribution in [-0.2, 0) is 11.3 Å². The van der Waals surface area contributed by atoms with Crippen LogP contribution in [0, 0.1) is 0 Å². The van der Waals surface area contributed by atoms with Crippen molar-refractivity contribution < 1.29 is 9.53 Å². The number of carbonyl (C=O) groups is 1. The molecule has 1 amide bonds. The monoisotopic (exact) mass is 242 g/mol. The summed E-state index contributed by atoms with van der Waals surface area (Å²) in [6.07, 6.45) is 3.27. The van der Waals surface area contributed by atoms with Crippen molar-refractivity contribution in [2.45, 2.75) is 6.61 Å². The molecule has 0 saturated heterocycles. The normalized spacial score (nSPS) is 10.1. The minimum atomic E-state index is -0.146. The summed E-state index contributed by atoms with van der Waals surface area (Å²) >= 11 is 0. The lowest BCUT2D eigenvalue weighted by Gasteiger charge is -2.05. The number of amides is 1. The molecule has 18 heavy (non-hydrogen) atoms. The van der Waals surface area contributed by atoms with E-state index in [1.807, 2.05) is 12.1 Å². The molecule has 0 fully saturated rings. The van der Waals surface area contributed by atoms with Crippen LogP contribution in [0.2, 0.25) is 0 Å². The number of pyridine rings is 1. The number of aromatic nitrogens is 1. The summed E-state index contributed by atoms with van der Waals surface area (Å²) in [4.78, 5) is 15.9. The van der Waals surface area contributed by atoms with Gasteiger partial charge in [-0.25, -0.2) is 0 Å². The van der Waals surface area contributed by atoms with Gasteiger partial charge in [0.15, 0.2) is 0 Å². The van der Waals surface area contributed by atoms with Gasteiger partial charge in [-0.05, 0) is 29.8 Å². The zero-order valence-electron chi connectivity index (χ0n) is 10.1. The summed E-state index contributed by atoms with van der Waals surface area (Å²) in [5.41, 5.74) is 2.33. The first-order chi connectivity index (χ1) is 8.79. The molecular weight excluding hydrogens is 228 g/mol. The molecular formula is C14H14N2O2. The Morgan fingerprint density at radius 1 is 1.28 bits per heavy atom. The summed E-state index contributed by atoms with van der Waals surface area (Å²) in [6.45, 7) is 0.546. The van der Waals surface area contributed by atoms with E-state index in [2.05, 4.69) is 10.3 Å². The van der Waals surface area contributed by atoms with Crippen LogP contribution in [0.15, 0.2) is 48.8 Å². The number of nitrogens with one attached hydrogen (secondary N) is 1. The van der Waals surface area contributed by atoms with E-state index in [-0.39, 0.29) is 5.91 Å². The third-order valence-corrected chi connectivity index (χ3v) is 2.45. The van der Waals surface area contributed by atoms with Crippen molar-refractivity contribution in [3.63, 3.8) is 0 Å². The molecule has 0 unspecified atom stereocenters. The van der Waals surface area contributed by atoms with Crippen LogP contribution in [0.25, 0.3) is 0 Å². The first-order valence-electron chi connectivity index (χ1n) is 5.59. The minimum Gasteiger partial charge on any atom is -0.380 e. The molecule has 4 heteroatoms. The molecule has 0 spiro atoms. The fourth-order valence-electron chi connectivity index (χ4n) is 1.56. The molecule has 92 valence electrons. The third-order valence-electron chi connectivity index (χ3n) is 2.45. The Kier molecular flexibility index (Phi) is 4.04. The maximum Gasteiger partial charge on any atom is 0.255 e. The number of carbonyl (C=O) groups excluding carboxylic acids is 1. The van der Waals surface area contributed by atoms with Gasteiger partial charge < -0.3 is 10.1 Å².